The van der Waals surface area contributed by atoms with Crippen molar-refractivity contribution in [3.05, 3.63) is 42.2 Å². The number of aliphatic hydroxyl groups is 1. The van der Waals surface area contributed by atoms with Gasteiger partial charge >= 0.3 is 5.97 Å². The Hall–Kier alpha value is -2.41. The normalized spacial score (nSPS) is 12.1. The molecule has 19 heavy (non-hydrogen) atoms. The highest BCUT2D eigenvalue weighted by Gasteiger charge is 2.07. The molecular formula is C12H13N3O4. The summed E-state index contributed by atoms with van der Waals surface area (Å²) in [5.74, 6) is -0.486. The highest BCUT2D eigenvalue weighted by molar-refractivity contribution is 5.87. The van der Waals surface area contributed by atoms with E-state index in [2.05, 4.69) is 10.3 Å². The van der Waals surface area contributed by atoms with Crippen LogP contribution in [-0.4, -0.2) is 43.9 Å². The van der Waals surface area contributed by atoms with E-state index in [0.29, 0.717) is 5.75 Å². The zero-order valence-electron chi connectivity index (χ0n) is 10.0. The van der Waals surface area contributed by atoms with Gasteiger partial charge in [-0.25, -0.2) is 9.48 Å². The molecule has 0 saturated heterocycles. The molecule has 0 fully saturated rings. The Morgan fingerprint density at radius 1 is 1.37 bits per heavy atom. The van der Waals surface area contributed by atoms with Gasteiger partial charge in [0.25, 0.3) is 0 Å². The molecule has 0 aliphatic rings. The van der Waals surface area contributed by atoms with Gasteiger partial charge in [-0.05, 0) is 24.3 Å². The molecule has 2 aromatic rings. The Labute approximate surface area is 109 Å². The van der Waals surface area contributed by atoms with E-state index in [1.165, 1.54) is 23.0 Å². The molecule has 0 amide bonds. The molecule has 2 N–H and O–H groups in total. The van der Waals surface area contributed by atoms with Crippen LogP contribution in [0.1, 0.15) is 10.4 Å². The van der Waals surface area contributed by atoms with Crippen molar-refractivity contribution in [3.63, 3.8) is 0 Å². The first-order chi connectivity index (χ1) is 9.15. The molecule has 0 bridgehead atoms. The number of aliphatic hydroxyl groups excluding tert-OH is 1. The number of carbonyl (C=O) groups is 1. The number of carboxylic acids is 1. The molecule has 0 unspecified atom stereocenters. The molecule has 0 saturated carbocycles. The van der Waals surface area contributed by atoms with Gasteiger partial charge in [0.2, 0.25) is 0 Å². The number of rotatable bonds is 6. The maximum Gasteiger partial charge on any atom is 0.335 e. The zero-order chi connectivity index (χ0) is 13.7. The van der Waals surface area contributed by atoms with Gasteiger partial charge in [-0.2, -0.15) is 0 Å². The third kappa shape index (κ3) is 3.78. The SMILES string of the molecule is O=C(O)c1ccc(OC[C@H](O)Cn2ccnn2)cc1. The summed E-state index contributed by atoms with van der Waals surface area (Å²) in [4.78, 5) is 10.7. The summed E-state index contributed by atoms with van der Waals surface area (Å²) in [5.41, 5.74) is 0.190. The van der Waals surface area contributed by atoms with Crippen LogP contribution in [0.25, 0.3) is 0 Å². The van der Waals surface area contributed by atoms with Crippen LogP contribution in [0.4, 0.5) is 0 Å². The number of carboxylic acid groups (broad SMARTS) is 1. The quantitative estimate of drug-likeness (QED) is 0.783. The average Bonchev–Trinajstić information content (AvgIpc) is 2.89. The molecule has 0 aliphatic carbocycles. The highest BCUT2D eigenvalue weighted by Crippen LogP contribution is 2.12. The minimum atomic E-state index is -0.988. The lowest BCUT2D eigenvalue weighted by Crippen LogP contribution is -2.23. The predicted molar refractivity (Wildman–Crippen MR) is 64.9 cm³/mol. The monoisotopic (exact) mass is 263 g/mol. The number of hydrogen-bond acceptors (Lipinski definition) is 5. The molecule has 1 heterocycles. The minimum absolute atomic E-state index is 0.0896. The minimum Gasteiger partial charge on any atom is -0.491 e. The zero-order valence-corrected chi connectivity index (χ0v) is 10.0. The van der Waals surface area contributed by atoms with Gasteiger partial charge in [-0.3, -0.25) is 0 Å². The van der Waals surface area contributed by atoms with Crippen LogP contribution in [0.3, 0.4) is 0 Å². The summed E-state index contributed by atoms with van der Waals surface area (Å²) in [7, 11) is 0. The van der Waals surface area contributed by atoms with Crippen molar-refractivity contribution in [2.45, 2.75) is 12.6 Å². The Morgan fingerprint density at radius 3 is 2.68 bits per heavy atom. The summed E-state index contributed by atoms with van der Waals surface area (Å²) in [6.07, 6.45) is 2.45. The fraction of sp³-hybridized carbons (Fsp3) is 0.250. The summed E-state index contributed by atoms with van der Waals surface area (Å²) in [6.45, 7) is 0.374. The Kier molecular flexibility index (Phi) is 4.09. The molecule has 0 aliphatic heterocycles. The maximum atomic E-state index is 10.7. The van der Waals surface area contributed by atoms with E-state index in [-0.39, 0.29) is 18.7 Å². The number of ether oxygens (including phenoxy) is 1. The fourth-order valence-electron chi connectivity index (χ4n) is 1.48. The van der Waals surface area contributed by atoms with Crippen LogP contribution in [0.2, 0.25) is 0 Å². The highest BCUT2D eigenvalue weighted by atomic mass is 16.5. The molecule has 0 spiro atoms. The second-order valence-corrected chi connectivity index (χ2v) is 3.92. The number of benzene rings is 1. The third-order valence-corrected chi connectivity index (χ3v) is 2.41. The summed E-state index contributed by atoms with van der Waals surface area (Å²) in [6, 6.07) is 5.99. The Bertz CT molecular complexity index is 524. The van der Waals surface area contributed by atoms with Gasteiger partial charge in [0.05, 0.1) is 18.3 Å². The molecular weight excluding hydrogens is 250 g/mol. The molecule has 1 aromatic carbocycles. The Balaban J connectivity index is 1.83. The largest absolute Gasteiger partial charge is 0.491 e. The van der Waals surface area contributed by atoms with Gasteiger partial charge in [-0.1, -0.05) is 5.21 Å². The molecule has 2 rings (SSSR count). The first kappa shape index (κ1) is 13.0. The molecule has 1 atom stereocenters. The molecule has 0 radical (unpaired) electrons. The summed E-state index contributed by atoms with van der Waals surface area (Å²) >= 11 is 0. The topological polar surface area (TPSA) is 97.5 Å². The third-order valence-electron chi connectivity index (χ3n) is 2.41. The lowest BCUT2D eigenvalue weighted by molar-refractivity contribution is 0.0696. The van der Waals surface area contributed by atoms with Gasteiger partial charge < -0.3 is 14.9 Å². The van der Waals surface area contributed by atoms with E-state index in [1.807, 2.05) is 0 Å². The smallest absolute Gasteiger partial charge is 0.335 e. The van der Waals surface area contributed by atoms with Crippen molar-refractivity contribution in [3.8, 4) is 5.75 Å². The van der Waals surface area contributed by atoms with E-state index in [0.717, 1.165) is 0 Å². The van der Waals surface area contributed by atoms with Crippen molar-refractivity contribution in [1.29, 1.82) is 0 Å². The number of aromatic carboxylic acids is 1. The molecule has 7 heteroatoms. The maximum absolute atomic E-state index is 10.7. The standard InChI is InChI=1S/C12H13N3O4/c16-10(7-15-6-5-13-14-15)8-19-11-3-1-9(2-4-11)12(17)18/h1-6,10,16H,7-8H2,(H,17,18)/t10-/m1/s1. The van der Waals surface area contributed by atoms with E-state index in [9.17, 15) is 9.90 Å². The van der Waals surface area contributed by atoms with Crippen molar-refractivity contribution < 1.29 is 19.7 Å². The molecule has 7 nitrogen and oxygen atoms in total. The second kappa shape index (κ2) is 5.96. The van der Waals surface area contributed by atoms with Crippen molar-refractivity contribution >= 4 is 5.97 Å². The lowest BCUT2D eigenvalue weighted by atomic mass is 10.2. The van der Waals surface area contributed by atoms with Gasteiger partial charge in [0.15, 0.2) is 0 Å². The van der Waals surface area contributed by atoms with E-state index in [4.69, 9.17) is 9.84 Å². The second-order valence-electron chi connectivity index (χ2n) is 3.92. The van der Waals surface area contributed by atoms with Crippen LogP contribution >= 0.6 is 0 Å². The summed E-state index contributed by atoms with van der Waals surface area (Å²) < 4.78 is 6.85. The van der Waals surface area contributed by atoms with Crippen LogP contribution in [0, 0.1) is 0 Å². The van der Waals surface area contributed by atoms with Gasteiger partial charge in [-0.15, -0.1) is 5.10 Å². The van der Waals surface area contributed by atoms with Crippen LogP contribution in [0.5, 0.6) is 5.75 Å². The predicted octanol–water partition coefficient (Wildman–Crippen LogP) is 0.416. The number of nitrogens with zero attached hydrogens (tertiary/aromatic N) is 3. The summed E-state index contributed by atoms with van der Waals surface area (Å²) in [5, 5.41) is 25.8. The van der Waals surface area contributed by atoms with Crippen molar-refractivity contribution in [1.82, 2.24) is 15.0 Å². The Morgan fingerprint density at radius 2 is 2.11 bits per heavy atom. The van der Waals surface area contributed by atoms with Gasteiger partial charge in [0, 0.05) is 6.20 Å². The van der Waals surface area contributed by atoms with E-state index >= 15 is 0 Å². The first-order valence-corrected chi connectivity index (χ1v) is 5.63. The fourth-order valence-corrected chi connectivity index (χ4v) is 1.48. The van der Waals surface area contributed by atoms with Crippen LogP contribution in [0.15, 0.2) is 36.7 Å². The molecule has 1 aromatic heterocycles. The molecule has 100 valence electrons. The number of aromatic nitrogens is 3. The van der Waals surface area contributed by atoms with Crippen molar-refractivity contribution in [2.75, 3.05) is 6.61 Å². The van der Waals surface area contributed by atoms with Gasteiger partial charge in [0.1, 0.15) is 18.5 Å². The van der Waals surface area contributed by atoms with E-state index in [1.54, 1.807) is 18.3 Å². The first-order valence-electron chi connectivity index (χ1n) is 5.63. The lowest BCUT2D eigenvalue weighted by Gasteiger charge is -2.12. The van der Waals surface area contributed by atoms with Crippen molar-refractivity contribution in [2.24, 2.45) is 0 Å². The van der Waals surface area contributed by atoms with E-state index < -0.39 is 12.1 Å². The average molecular weight is 263 g/mol. The van der Waals surface area contributed by atoms with Crippen LogP contribution < -0.4 is 4.74 Å². The number of hydrogen-bond donors (Lipinski definition) is 2. The van der Waals surface area contributed by atoms with Crippen LogP contribution in [-0.2, 0) is 6.54 Å².